The van der Waals surface area contributed by atoms with E-state index in [4.69, 9.17) is 11.6 Å². The molecule has 1 aromatic carbocycles. The maximum Gasteiger partial charge on any atom is 0.0435 e. The SMILES string of the molecule is Cc1cc(CCC2CC=CC2)ccc1Cl. The van der Waals surface area contributed by atoms with Crippen molar-refractivity contribution in [2.24, 2.45) is 5.92 Å². The number of aryl methyl sites for hydroxylation is 2. The van der Waals surface area contributed by atoms with Crippen LogP contribution in [0, 0.1) is 12.8 Å². The van der Waals surface area contributed by atoms with Crippen LogP contribution in [-0.2, 0) is 6.42 Å². The molecule has 1 aliphatic rings. The summed E-state index contributed by atoms with van der Waals surface area (Å²) in [6, 6.07) is 6.38. The maximum atomic E-state index is 6.00. The Hall–Kier alpha value is -0.750. The highest BCUT2D eigenvalue weighted by Crippen LogP contribution is 2.24. The Morgan fingerprint density at radius 3 is 2.67 bits per heavy atom. The van der Waals surface area contributed by atoms with Gasteiger partial charge in [-0.05, 0) is 55.7 Å². The van der Waals surface area contributed by atoms with E-state index in [1.54, 1.807) is 0 Å². The molecular formula is C14H17Cl. The van der Waals surface area contributed by atoms with E-state index in [-0.39, 0.29) is 0 Å². The predicted molar refractivity (Wildman–Crippen MR) is 66.4 cm³/mol. The zero-order valence-electron chi connectivity index (χ0n) is 9.17. The third-order valence-corrected chi connectivity index (χ3v) is 3.59. The summed E-state index contributed by atoms with van der Waals surface area (Å²) in [7, 11) is 0. The second-order valence-corrected chi connectivity index (χ2v) is 4.84. The molecule has 0 amide bonds. The predicted octanol–water partition coefficient (Wildman–Crippen LogP) is 4.55. The van der Waals surface area contributed by atoms with Gasteiger partial charge in [0, 0.05) is 5.02 Å². The van der Waals surface area contributed by atoms with Crippen molar-refractivity contribution in [1.82, 2.24) is 0 Å². The van der Waals surface area contributed by atoms with Crippen LogP contribution in [0.2, 0.25) is 5.02 Å². The third-order valence-electron chi connectivity index (χ3n) is 3.17. The van der Waals surface area contributed by atoms with E-state index in [0.717, 1.165) is 10.9 Å². The van der Waals surface area contributed by atoms with E-state index in [1.807, 2.05) is 6.07 Å². The zero-order chi connectivity index (χ0) is 10.7. The quantitative estimate of drug-likeness (QED) is 0.656. The number of hydrogen-bond donors (Lipinski definition) is 0. The summed E-state index contributed by atoms with van der Waals surface area (Å²) in [6.45, 7) is 2.07. The van der Waals surface area contributed by atoms with Gasteiger partial charge >= 0.3 is 0 Å². The van der Waals surface area contributed by atoms with Crippen molar-refractivity contribution in [3.05, 3.63) is 46.5 Å². The average Bonchev–Trinajstić information content (AvgIpc) is 2.73. The molecule has 0 saturated heterocycles. The van der Waals surface area contributed by atoms with Crippen molar-refractivity contribution in [2.45, 2.75) is 32.6 Å². The van der Waals surface area contributed by atoms with Crippen molar-refractivity contribution >= 4 is 11.6 Å². The molecule has 0 N–H and O–H groups in total. The topological polar surface area (TPSA) is 0 Å². The van der Waals surface area contributed by atoms with Gasteiger partial charge in [0.25, 0.3) is 0 Å². The van der Waals surface area contributed by atoms with E-state index in [9.17, 15) is 0 Å². The molecule has 0 spiro atoms. The van der Waals surface area contributed by atoms with Gasteiger partial charge in [0.1, 0.15) is 0 Å². The summed E-state index contributed by atoms with van der Waals surface area (Å²) < 4.78 is 0. The van der Waals surface area contributed by atoms with Gasteiger partial charge in [-0.2, -0.15) is 0 Å². The van der Waals surface area contributed by atoms with Crippen LogP contribution in [0.25, 0.3) is 0 Å². The fourth-order valence-corrected chi connectivity index (χ4v) is 2.26. The van der Waals surface area contributed by atoms with E-state index >= 15 is 0 Å². The summed E-state index contributed by atoms with van der Waals surface area (Å²) in [6.07, 6.45) is 9.63. The molecule has 1 aromatic rings. The molecule has 1 heteroatoms. The molecule has 15 heavy (non-hydrogen) atoms. The smallest absolute Gasteiger partial charge is 0.0435 e. The zero-order valence-corrected chi connectivity index (χ0v) is 9.93. The molecule has 0 nitrogen and oxygen atoms in total. The lowest BCUT2D eigenvalue weighted by Crippen LogP contribution is -1.97. The molecular weight excluding hydrogens is 204 g/mol. The van der Waals surface area contributed by atoms with Crippen molar-refractivity contribution in [1.29, 1.82) is 0 Å². The Bertz CT molecular complexity index is 358. The van der Waals surface area contributed by atoms with Gasteiger partial charge in [-0.1, -0.05) is 35.9 Å². The second-order valence-electron chi connectivity index (χ2n) is 4.43. The van der Waals surface area contributed by atoms with Crippen LogP contribution in [0.15, 0.2) is 30.4 Å². The fraction of sp³-hybridized carbons (Fsp3) is 0.429. The lowest BCUT2D eigenvalue weighted by molar-refractivity contribution is 0.521. The minimum Gasteiger partial charge on any atom is -0.0882 e. The van der Waals surface area contributed by atoms with Crippen LogP contribution in [0.4, 0.5) is 0 Å². The van der Waals surface area contributed by atoms with Gasteiger partial charge in [-0.15, -0.1) is 0 Å². The summed E-state index contributed by atoms with van der Waals surface area (Å²) >= 11 is 6.00. The molecule has 0 heterocycles. The molecule has 80 valence electrons. The first-order valence-corrected chi connectivity index (χ1v) is 6.03. The number of benzene rings is 1. The van der Waals surface area contributed by atoms with Crippen LogP contribution in [-0.4, -0.2) is 0 Å². The summed E-state index contributed by atoms with van der Waals surface area (Å²) in [5.41, 5.74) is 2.61. The first-order valence-electron chi connectivity index (χ1n) is 5.66. The Kier molecular flexibility index (Phi) is 3.48. The second kappa shape index (κ2) is 4.85. The van der Waals surface area contributed by atoms with Crippen LogP contribution >= 0.6 is 11.6 Å². The lowest BCUT2D eigenvalue weighted by atomic mass is 9.97. The number of rotatable bonds is 3. The minimum absolute atomic E-state index is 0.876. The van der Waals surface area contributed by atoms with Crippen LogP contribution < -0.4 is 0 Å². The van der Waals surface area contributed by atoms with Crippen LogP contribution in [0.1, 0.15) is 30.4 Å². The molecule has 0 unspecified atom stereocenters. The first-order chi connectivity index (χ1) is 7.25. The van der Waals surface area contributed by atoms with Crippen molar-refractivity contribution < 1.29 is 0 Å². The molecule has 0 bridgehead atoms. The number of hydrogen-bond acceptors (Lipinski definition) is 0. The van der Waals surface area contributed by atoms with Gasteiger partial charge in [-0.3, -0.25) is 0 Å². The highest BCUT2D eigenvalue weighted by atomic mass is 35.5. The lowest BCUT2D eigenvalue weighted by Gasteiger charge is -2.09. The number of halogens is 1. The molecule has 2 rings (SSSR count). The highest BCUT2D eigenvalue weighted by molar-refractivity contribution is 6.31. The van der Waals surface area contributed by atoms with E-state index < -0.39 is 0 Å². The summed E-state index contributed by atoms with van der Waals surface area (Å²) in [5, 5.41) is 0.876. The molecule has 0 aliphatic heterocycles. The number of allylic oxidation sites excluding steroid dienone is 2. The van der Waals surface area contributed by atoms with Crippen LogP contribution in [0.3, 0.4) is 0 Å². The van der Waals surface area contributed by atoms with E-state index in [1.165, 1.54) is 36.8 Å². The average molecular weight is 221 g/mol. The van der Waals surface area contributed by atoms with Crippen molar-refractivity contribution in [3.8, 4) is 0 Å². The Morgan fingerprint density at radius 2 is 2.00 bits per heavy atom. The molecule has 0 atom stereocenters. The standard InChI is InChI=1S/C14H17Cl/c1-11-10-13(8-9-14(11)15)7-6-12-4-2-3-5-12/h2-3,8-10,12H,4-7H2,1H3. The van der Waals surface area contributed by atoms with Crippen molar-refractivity contribution in [2.75, 3.05) is 0 Å². The first kappa shape index (κ1) is 10.8. The van der Waals surface area contributed by atoms with Gasteiger partial charge in [0.2, 0.25) is 0 Å². The molecule has 0 radical (unpaired) electrons. The fourth-order valence-electron chi connectivity index (χ4n) is 2.14. The third kappa shape index (κ3) is 2.85. The van der Waals surface area contributed by atoms with Gasteiger partial charge < -0.3 is 0 Å². The molecule has 1 aliphatic carbocycles. The van der Waals surface area contributed by atoms with Gasteiger partial charge in [0.05, 0.1) is 0 Å². The maximum absolute atomic E-state index is 6.00. The summed E-state index contributed by atoms with van der Waals surface area (Å²) in [4.78, 5) is 0. The molecule has 0 saturated carbocycles. The minimum atomic E-state index is 0.876. The van der Waals surface area contributed by atoms with Gasteiger partial charge in [-0.25, -0.2) is 0 Å². The van der Waals surface area contributed by atoms with E-state index in [0.29, 0.717) is 0 Å². The van der Waals surface area contributed by atoms with Gasteiger partial charge in [0.15, 0.2) is 0 Å². The highest BCUT2D eigenvalue weighted by Gasteiger charge is 2.10. The van der Waals surface area contributed by atoms with E-state index in [2.05, 4.69) is 31.2 Å². The van der Waals surface area contributed by atoms with Crippen LogP contribution in [0.5, 0.6) is 0 Å². The van der Waals surface area contributed by atoms with Crippen molar-refractivity contribution in [3.63, 3.8) is 0 Å². The normalized spacial score (nSPS) is 16.1. The Labute approximate surface area is 97.0 Å². The Morgan fingerprint density at radius 1 is 1.27 bits per heavy atom. The summed E-state index contributed by atoms with van der Waals surface area (Å²) in [5.74, 6) is 0.876. The monoisotopic (exact) mass is 220 g/mol. The largest absolute Gasteiger partial charge is 0.0882 e. The Balaban J connectivity index is 1.90. The molecule has 0 fully saturated rings. The molecule has 0 aromatic heterocycles.